The summed E-state index contributed by atoms with van der Waals surface area (Å²) >= 11 is 3.34. The van der Waals surface area contributed by atoms with Gasteiger partial charge in [-0.2, -0.15) is 0 Å². The van der Waals surface area contributed by atoms with E-state index in [9.17, 15) is 14.7 Å². The molecule has 11 heteroatoms. The van der Waals surface area contributed by atoms with Crippen LogP contribution < -0.4 is 15.4 Å². The monoisotopic (exact) mass is 561 g/mol. The minimum atomic E-state index is -1.23. The first-order valence-corrected chi connectivity index (χ1v) is 12.3. The molecule has 0 aliphatic carbocycles. The molecule has 0 bridgehead atoms. The highest BCUT2D eigenvalue weighted by molar-refractivity contribution is 9.10. The van der Waals surface area contributed by atoms with Crippen molar-refractivity contribution in [3.8, 4) is 5.75 Å². The number of hydrogen-bond donors (Lipinski definition) is 3. The average molecular weight is 562 g/mol. The maximum atomic E-state index is 12.9. The first-order valence-electron chi connectivity index (χ1n) is 11.5. The van der Waals surface area contributed by atoms with Gasteiger partial charge in [0.15, 0.2) is 0 Å². The standard InChI is InChI=1S/C25H32BrN5O5/c1-16(2)23(25(34)28-14-17-7-5-4-6-8-17)29-24(33)22(35-3)13-21(32)20(30-31-27)15-36-19-11-9-18(26)10-12-19/h4-12,16,20-23,32H,13-15H2,1-3H3,(H,28,34)(H,29,33)/t20-,21-,22+,23-/m0/s1. The lowest BCUT2D eigenvalue weighted by atomic mass is 10.0. The Hall–Kier alpha value is -3.11. The van der Waals surface area contributed by atoms with E-state index in [1.807, 2.05) is 44.2 Å². The van der Waals surface area contributed by atoms with Crippen molar-refractivity contribution in [1.82, 2.24) is 10.6 Å². The molecule has 0 saturated carbocycles. The fraction of sp³-hybridized carbons (Fsp3) is 0.440. The molecule has 0 heterocycles. The largest absolute Gasteiger partial charge is 0.493 e. The highest BCUT2D eigenvalue weighted by Crippen LogP contribution is 2.18. The number of halogens is 1. The lowest BCUT2D eigenvalue weighted by Crippen LogP contribution is -2.53. The molecule has 0 aliphatic heterocycles. The molecule has 0 fully saturated rings. The van der Waals surface area contributed by atoms with Crippen LogP contribution in [0.3, 0.4) is 0 Å². The van der Waals surface area contributed by atoms with Gasteiger partial charge in [-0.3, -0.25) is 9.59 Å². The number of ether oxygens (including phenoxy) is 2. The first-order chi connectivity index (χ1) is 17.2. The van der Waals surface area contributed by atoms with Gasteiger partial charge in [-0.15, -0.1) is 0 Å². The van der Waals surface area contributed by atoms with E-state index in [0.717, 1.165) is 10.0 Å². The van der Waals surface area contributed by atoms with Crippen LogP contribution in [0.5, 0.6) is 5.75 Å². The number of methoxy groups -OCH3 is 1. The predicted octanol–water partition coefficient (Wildman–Crippen LogP) is 3.73. The molecule has 10 nitrogen and oxygen atoms in total. The van der Waals surface area contributed by atoms with Crippen molar-refractivity contribution in [2.75, 3.05) is 13.7 Å². The van der Waals surface area contributed by atoms with Crippen molar-refractivity contribution in [2.24, 2.45) is 11.0 Å². The summed E-state index contributed by atoms with van der Waals surface area (Å²) in [7, 11) is 1.33. The number of benzene rings is 2. The number of aliphatic hydroxyl groups excluding tert-OH is 1. The summed E-state index contributed by atoms with van der Waals surface area (Å²) < 4.78 is 11.8. The smallest absolute Gasteiger partial charge is 0.249 e. The van der Waals surface area contributed by atoms with Gasteiger partial charge in [0.1, 0.15) is 17.9 Å². The van der Waals surface area contributed by atoms with Gasteiger partial charge < -0.3 is 25.2 Å². The summed E-state index contributed by atoms with van der Waals surface area (Å²) in [6, 6.07) is 14.7. The van der Waals surface area contributed by atoms with Gasteiger partial charge in [0.05, 0.1) is 18.8 Å². The van der Waals surface area contributed by atoms with Gasteiger partial charge in [0.2, 0.25) is 11.8 Å². The average Bonchev–Trinajstić information content (AvgIpc) is 2.87. The molecule has 0 saturated heterocycles. The first kappa shape index (κ1) is 29.1. The number of hydrogen-bond acceptors (Lipinski definition) is 6. The topological polar surface area (TPSA) is 146 Å². The van der Waals surface area contributed by atoms with Crippen LogP contribution in [0.15, 0.2) is 64.2 Å². The molecular formula is C25H32BrN5O5. The van der Waals surface area contributed by atoms with Gasteiger partial charge in [-0.05, 0) is 41.3 Å². The van der Waals surface area contributed by atoms with Gasteiger partial charge in [-0.25, -0.2) is 0 Å². The fourth-order valence-electron chi connectivity index (χ4n) is 3.36. The summed E-state index contributed by atoms with van der Waals surface area (Å²) in [5, 5.41) is 19.9. The fourth-order valence-corrected chi connectivity index (χ4v) is 3.63. The number of aliphatic hydroxyl groups is 1. The molecule has 0 unspecified atom stereocenters. The van der Waals surface area contributed by atoms with Crippen LogP contribution in [-0.4, -0.2) is 54.9 Å². The second kappa shape index (κ2) is 15.1. The van der Waals surface area contributed by atoms with Gasteiger partial charge in [0.25, 0.3) is 0 Å². The minimum Gasteiger partial charge on any atom is -0.493 e. The van der Waals surface area contributed by atoms with Crippen LogP contribution in [0.1, 0.15) is 25.8 Å². The Bertz CT molecular complexity index is 1020. The number of azide groups is 1. The molecule has 0 radical (unpaired) electrons. The molecular weight excluding hydrogens is 530 g/mol. The zero-order valence-electron chi connectivity index (χ0n) is 20.5. The lowest BCUT2D eigenvalue weighted by molar-refractivity contribution is -0.137. The number of nitrogens with zero attached hydrogens (tertiary/aromatic N) is 3. The normalized spacial score (nSPS) is 14.2. The van der Waals surface area contributed by atoms with E-state index >= 15 is 0 Å². The molecule has 3 N–H and O–H groups in total. The Kier molecular flexibility index (Phi) is 12.2. The highest BCUT2D eigenvalue weighted by atomic mass is 79.9. The second-order valence-electron chi connectivity index (χ2n) is 8.50. The molecule has 0 spiro atoms. The lowest BCUT2D eigenvalue weighted by Gasteiger charge is -2.26. The van der Waals surface area contributed by atoms with E-state index < -0.39 is 30.2 Å². The molecule has 36 heavy (non-hydrogen) atoms. The Morgan fingerprint density at radius 3 is 2.36 bits per heavy atom. The van der Waals surface area contributed by atoms with E-state index in [1.54, 1.807) is 24.3 Å². The molecule has 2 amide bonds. The van der Waals surface area contributed by atoms with E-state index in [-0.39, 0.29) is 24.9 Å². The van der Waals surface area contributed by atoms with Crippen LogP contribution in [0.4, 0.5) is 0 Å². The molecule has 0 aliphatic rings. The van der Waals surface area contributed by atoms with E-state index in [1.165, 1.54) is 7.11 Å². The van der Waals surface area contributed by atoms with Crippen LogP contribution >= 0.6 is 15.9 Å². The number of carbonyl (C=O) groups excluding carboxylic acids is 2. The van der Waals surface area contributed by atoms with E-state index in [2.05, 4.69) is 36.6 Å². The molecule has 2 rings (SSSR count). The van der Waals surface area contributed by atoms with Crippen LogP contribution in [0, 0.1) is 5.92 Å². The second-order valence-corrected chi connectivity index (χ2v) is 9.41. The van der Waals surface area contributed by atoms with Crippen LogP contribution in [-0.2, 0) is 20.9 Å². The van der Waals surface area contributed by atoms with Crippen LogP contribution in [0.25, 0.3) is 10.4 Å². The quantitative estimate of drug-likeness (QED) is 0.183. The van der Waals surface area contributed by atoms with Crippen molar-refractivity contribution in [2.45, 2.75) is 51.1 Å². The summed E-state index contributed by atoms with van der Waals surface area (Å²) in [5.74, 6) is -0.542. The summed E-state index contributed by atoms with van der Waals surface area (Å²) in [6.45, 7) is 3.88. The molecule has 0 aromatic heterocycles. The third-order valence-corrected chi connectivity index (χ3v) is 6.00. The maximum Gasteiger partial charge on any atom is 0.249 e. The molecule has 2 aromatic carbocycles. The SMILES string of the molecule is CO[C@H](C[C@H](O)[C@H](COc1ccc(Br)cc1)N=[N+]=[N-])C(=O)N[C@H](C(=O)NCc1ccccc1)C(C)C. The molecule has 194 valence electrons. The Labute approximate surface area is 219 Å². The van der Waals surface area contributed by atoms with Crippen molar-refractivity contribution >= 4 is 27.7 Å². The zero-order valence-corrected chi connectivity index (χ0v) is 22.1. The van der Waals surface area contributed by atoms with E-state index in [0.29, 0.717) is 12.3 Å². The summed E-state index contributed by atoms with van der Waals surface area (Å²) in [6.07, 6.45) is -2.46. The van der Waals surface area contributed by atoms with Gasteiger partial charge >= 0.3 is 0 Å². The van der Waals surface area contributed by atoms with Crippen molar-refractivity contribution in [3.05, 3.63) is 75.1 Å². The third kappa shape index (κ3) is 9.50. The van der Waals surface area contributed by atoms with Gasteiger partial charge in [0, 0.05) is 29.5 Å². The number of amides is 2. The van der Waals surface area contributed by atoms with Crippen molar-refractivity contribution < 1.29 is 24.2 Å². The molecule has 2 aromatic rings. The number of carbonyl (C=O) groups is 2. The summed E-state index contributed by atoms with van der Waals surface area (Å²) in [5.41, 5.74) is 9.86. The Morgan fingerprint density at radius 2 is 1.78 bits per heavy atom. The Balaban J connectivity index is 1.97. The van der Waals surface area contributed by atoms with Crippen LogP contribution in [0.2, 0.25) is 0 Å². The summed E-state index contributed by atoms with van der Waals surface area (Å²) in [4.78, 5) is 28.5. The van der Waals surface area contributed by atoms with Gasteiger partial charge in [-0.1, -0.05) is 65.2 Å². The maximum absolute atomic E-state index is 12.9. The third-order valence-electron chi connectivity index (χ3n) is 5.47. The van der Waals surface area contributed by atoms with Crippen molar-refractivity contribution in [1.29, 1.82) is 0 Å². The zero-order chi connectivity index (χ0) is 26.5. The molecule has 4 atom stereocenters. The predicted molar refractivity (Wildman–Crippen MR) is 139 cm³/mol. The Morgan fingerprint density at radius 1 is 1.11 bits per heavy atom. The van der Waals surface area contributed by atoms with E-state index in [4.69, 9.17) is 15.0 Å². The minimum absolute atomic E-state index is 0.0958. The van der Waals surface area contributed by atoms with Crippen molar-refractivity contribution in [3.63, 3.8) is 0 Å². The number of nitrogens with one attached hydrogen (secondary N) is 2. The number of rotatable bonds is 14. The highest BCUT2D eigenvalue weighted by Gasteiger charge is 2.31.